The molecule has 0 spiro atoms. The summed E-state index contributed by atoms with van der Waals surface area (Å²) in [6.07, 6.45) is 5.44. The normalized spacial score (nSPS) is 28.7. The summed E-state index contributed by atoms with van der Waals surface area (Å²) in [6.45, 7) is 5.99. The van der Waals surface area contributed by atoms with Gasteiger partial charge in [0.2, 0.25) is 0 Å². The molecule has 2 aromatic rings. The molecule has 25 heavy (non-hydrogen) atoms. The minimum absolute atomic E-state index is 0. The van der Waals surface area contributed by atoms with Crippen LogP contribution >= 0.6 is 24.8 Å². The van der Waals surface area contributed by atoms with Gasteiger partial charge in [0.25, 0.3) is 0 Å². The largest absolute Gasteiger partial charge is 0.508 e. The molecule has 5 rings (SSSR count). The molecule has 3 fully saturated rings. The molecule has 4 nitrogen and oxygen atoms in total. The van der Waals surface area contributed by atoms with Gasteiger partial charge in [0, 0.05) is 24.2 Å². The van der Waals surface area contributed by atoms with Crippen LogP contribution in [-0.4, -0.2) is 39.2 Å². The molecule has 3 aliphatic heterocycles. The fourth-order valence-corrected chi connectivity index (χ4v) is 4.33. The maximum absolute atomic E-state index is 11.0. The summed E-state index contributed by atoms with van der Waals surface area (Å²) in [6, 6.07) is 7.14. The first kappa shape index (κ1) is 20.0. The quantitative estimate of drug-likeness (QED) is 0.794. The Labute approximate surface area is 160 Å². The summed E-state index contributed by atoms with van der Waals surface area (Å²) in [5, 5.41) is 21.7. The number of aromatic hydroxyl groups is 1. The number of benzene rings is 1. The molecule has 2 bridgehead atoms. The fourth-order valence-electron chi connectivity index (χ4n) is 4.33. The molecule has 2 N–H and O–H groups in total. The van der Waals surface area contributed by atoms with Gasteiger partial charge in [-0.05, 0) is 61.1 Å². The van der Waals surface area contributed by atoms with E-state index in [1.165, 1.54) is 6.42 Å². The van der Waals surface area contributed by atoms with E-state index in [1.807, 2.05) is 6.07 Å². The van der Waals surface area contributed by atoms with Crippen molar-refractivity contribution in [2.45, 2.75) is 25.0 Å². The van der Waals surface area contributed by atoms with Gasteiger partial charge in [-0.2, -0.15) is 0 Å². The van der Waals surface area contributed by atoms with Crippen LogP contribution in [0.4, 0.5) is 0 Å². The first-order valence-corrected chi connectivity index (χ1v) is 8.29. The third-order valence-electron chi connectivity index (χ3n) is 5.60. The number of aromatic nitrogens is 1. The second-order valence-corrected chi connectivity index (χ2v) is 6.79. The molecule has 3 aliphatic rings. The van der Waals surface area contributed by atoms with E-state index in [9.17, 15) is 10.2 Å². The minimum Gasteiger partial charge on any atom is -0.508 e. The number of hydrogen-bond donors (Lipinski definition) is 2. The van der Waals surface area contributed by atoms with Crippen LogP contribution in [0.5, 0.6) is 5.75 Å². The lowest BCUT2D eigenvalue weighted by atomic mass is 9.73. The number of hydrogen-bond acceptors (Lipinski definition) is 4. The molecule has 3 saturated heterocycles. The van der Waals surface area contributed by atoms with Crippen LogP contribution < -0.4 is 0 Å². The van der Waals surface area contributed by atoms with Crippen LogP contribution in [0, 0.1) is 11.8 Å². The second-order valence-electron chi connectivity index (χ2n) is 6.79. The molecule has 5 atom stereocenters. The van der Waals surface area contributed by atoms with Crippen LogP contribution in [0.25, 0.3) is 10.9 Å². The van der Waals surface area contributed by atoms with Gasteiger partial charge < -0.3 is 10.2 Å². The maximum atomic E-state index is 11.0. The van der Waals surface area contributed by atoms with Crippen LogP contribution in [0.1, 0.15) is 24.5 Å². The Kier molecular flexibility index (Phi) is 6.33. The number of nitrogens with zero attached hydrogens (tertiary/aromatic N) is 2. The Morgan fingerprint density at radius 1 is 1.28 bits per heavy atom. The monoisotopic (exact) mass is 382 g/mol. The fraction of sp³-hybridized carbons (Fsp3) is 0.421. The van der Waals surface area contributed by atoms with Gasteiger partial charge in [-0.1, -0.05) is 6.08 Å². The highest BCUT2D eigenvalue weighted by molar-refractivity contribution is 5.85. The van der Waals surface area contributed by atoms with Gasteiger partial charge in [0.15, 0.2) is 0 Å². The Hall–Kier alpha value is -1.33. The molecule has 5 unspecified atom stereocenters. The van der Waals surface area contributed by atoms with Gasteiger partial charge in [-0.15, -0.1) is 31.4 Å². The first-order valence-electron chi connectivity index (χ1n) is 8.29. The summed E-state index contributed by atoms with van der Waals surface area (Å²) in [7, 11) is 0. The summed E-state index contributed by atoms with van der Waals surface area (Å²) < 4.78 is 0. The van der Waals surface area contributed by atoms with Gasteiger partial charge in [-0.25, -0.2) is 0 Å². The van der Waals surface area contributed by atoms with Crippen LogP contribution in [0.15, 0.2) is 43.1 Å². The van der Waals surface area contributed by atoms with Crippen LogP contribution in [0.2, 0.25) is 0 Å². The molecule has 136 valence electrons. The molecule has 0 radical (unpaired) electrons. The van der Waals surface area contributed by atoms with Crippen molar-refractivity contribution < 1.29 is 10.2 Å². The Morgan fingerprint density at radius 3 is 2.76 bits per heavy atom. The van der Waals surface area contributed by atoms with Crippen molar-refractivity contribution in [1.82, 2.24) is 9.88 Å². The van der Waals surface area contributed by atoms with Crippen LogP contribution in [0.3, 0.4) is 0 Å². The highest BCUT2D eigenvalue weighted by Crippen LogP contribution is 2.42. The van der Waals surface area contributed by atoms with E-state index in [1.54, 1.807) is 24.4 Å². The maximum Gasteiger partial charge on any atom is 0.116 e. The molecule has 0 aliphatic carbocycles. The van der Waals surface area contributed by atoms with E-state index in [0.717, 1.165) is 36.0 Å². The number of piperidine rings is 3. The third-order valence-corrected chi connectivity index (χ3v) is 5.60. The highest BCUT2D eigenvalue weighted by atomic mass is 35.5. The summed E-state index contributed by atoms with van der Waals surface area (Å²) >= 11 is 0. The van der Waals surface area contributed by atoms with Crippen molar-refractivity contribution in [3.8, 4) is 5.75 Å². The molecular weight excluding hydrogens is 359 g/mol. The Balaban J connectivity index is 0.00000113. The van der Waals surface area contributed by atoms with Crippen molar-refractivity contribution in [3.05, 3.63) is 48.7 Å². The Bertz CT molecular complexity index is 755. The molecule has 0 amide bonds. The number of pyridine rings is 1. The first-order chi connectivity index (χ1) is 11.2. The molecule has 4 heterocycles. The van der Waals surface area contributed by atoms with Gasteiger partial charge in [0.05, 0.1) is 11.6 Å². The third kappa shape index (κ3) is 3.49. The average Bonchev–Trinajstić information content (AvgIpc) is 2.60. The van der Waals surface area contributed by atoms with Gasteiger partial charge in [-0.3, -0.25) is 9.88 Å². The number of phenols is 1. The summed E-state index contributed by atoms with van der Waals surface area (Å²) in [5.41, 5.74) is 1.66. The number of rotatable bonds is 3. The Morgan fingerprint density at radius 2 is 2.08 bits per heavy atom. The summed E-state index contributed by atoms with van der Waals surface area (Å²) in [5.74, 6) is 1.38. The summed E-state index contributed by atoms with van der Waals surface area (Å²) in [4.78, 5) is 6.73. The molecule has 0 saturated carbocycles. The van der Waals surface area contributed by atoms with E-state index in [2.05, 4.69) is 22.5 Å². The molecular formula is C19H24Cl2N2O2. The zero-order valence-electron chi connectivity index (χ0n) is 13.9. The second kappa shape index (κ2) is 7.92. The predicted molar refractivity (Wildman–Crippen MR) is 105 cm³/mol. The van der Waals surface area contributed by atoms with Crippen molar-refractivity contribution >= 4 is 35.7 Å². The van der Waals surface area contributed by atoms with Crippen LogP contribution in [-0.2, 0) is 0 Å². The number of aliphatic hydroxyl groups excluding tert-OH is 1. The van der Waals surface area contributed by atoms with E-state index in [0.29, 0.717) is 11.8 Å². The van der Waals surface area contributed by atoms with Crippen molar-refractivity contribution in [2.75, 3.05) is 13.1 Å². The van der Waals surface area contributed by atoms with E-state index >= 15 is 0 Å². The van der Waals surface area contributed by atoms with Crippen molar-refractivity contribution in [2.24, 2.45) is 11.8 Å². The lowest BCUT2D eigenvalue weighted by Crippen LogP contribution is -2.54. The van der Waals surface area contributed by atoms with Crippen molar-refractivity contribution in [1.29, 1.82) is 0 Å². The topological polar surface area (TPSA) is 56.6 Å². The van der Waals surface area contributed by atoms with E-state index in [-0.39, 0.29) is 36.6 Å². The average molecular weight is 383 g/mol. The molecule has 1 aromatic carbocycles. The predicted octanol–water partition coefficient (Wildman–Crippen LogP) is 3.71. The highest BCUT2D eigenvalue weighted by Gasteiger charge is 2.42. The number of aliphatic hydroxyl groups is 1. The van der Waals surface area contributed by atoms with Gasteiger partial charge >= 0.3 is 0 Å². The van der Waals surface area contributed by atoms with E-state index < -0.39 is 6.10 Å². The lowest BCUT2D eigenvalue weighted by molar-refractivity contribution is -0.0444. The smallest absolute Gasteiger partial charge is 0.116 e. The number of phenolic OH excluding ortho intramolecular Hbond substituents is 1. The number of halogens is 2. The SMILES string of the molecule is C=CC1CN2CCC1CC2C(O)c1ccnc2ccc(O)cc12.Cl.Cl. The molecule has 1 aromatic heterocycles. The number of fused-ring (bicyclic) bond motifs is 4. The minimum atomic E-state index is -0.559. The standard InChI is InChI=1S/C19H22N2O2.2ClH/c1-2-12-11-21-8-6-13(12)9-18(21)19(23)15-5-7-20-17-4-3-14(22)10-16(15)17;;/h2-5,7,10,12-13,18-19,22-23H,1,6,8-9,11H2;2*1H. The zero-order valence-corrected chi connectivity index (χ0v) is 15.5. The van der Waals surface area contributed by atoms with Gasteiger partial charge in [0.1, 0.15) is 5.75 Å². The molecule has 6 heteroatoms. The zero-order chi connectivity index (χ0) is 16.0. The van der Waals surface area contributed by atoms with Crippen molar-refractivity contribution in [3.63, 3.8) is 0 Å². The lowest BCUT2D eigenvalue weighted by Gasteiger charge is -2.50. The van der Waals surface area contributed by atoms with E-state index in [4.69, 9.17) is 0 Å².